The van der Waals surface area contributed by atoms with Gasteiger partial charge in [0.05, 0.1) is 6.54 Å². The zero-order valence-corrected chi connectivity index (χ0v) is 16.2. The third kappa shape index (κ3) is 3.54. The largest absolute Gasteiger partial charge is 0.396 e. The number of aliphatic hydroxyl groups is 1. The lowest BCUT2D eigenvalue weighted by Crippen LogP contribution is -2.64. The first-order chi connectivity index (χ1) is 12.4. The molecule has 2 atom stereocenters. The number of imide groups is 1. The van der Waals surface area contributed by atoms with Crippen LogP contribution >= 0.6 is 23.4 Å². The Labute approximate surface area is 161 Å². The van der Waals surface area contributed by atoms with Crippen molar-refractivity contribution in [2.75, 3.05) is 26.5 Å². The maximum absolute atomic E-state index is 13.0. The highest BCUT2D eigenvalue weighted by Gasteiger charge is 2.50. The summed E-state index contributed by atoms with van der Waals surface area (Å²) in [5.74, 6) is 0.455. The number of benzene rings is 1. The van der Waals surface area contributed by atoms with E-state index in [1.165, 1.54) is 21.6 Å². The summed E-state index contributed by atoms with van der Waals surface area (Å²) in [6.07, 6.45) is 0.135. The van der Waals surface area contributed by atoms with Crippen LogP contribution in [0.25, 0.3) is 0 Å². The molecular weight excluding hydrogens is 376 g/mol. The normalized spacial score (nSPS) is 22.8. The minimum absolute atomic E-state index is 0.114. The van der Waals surface area contributed by atoms with Gasteiger partial charge >= 0.3 is 6.03 Å². The molecule has 2 unspecified atom stereocenters. The Kier molecular flexibility index (Phi) is 5.74. The van der Waals surface area contributed by atoms with Crippen LogP contribution in [-0.4, -0.2) is 75.6 Å². The summed E-state index contributed by atoms with van der Waals surface area (Å²) >= 11 is 7.39. The number of aliphatic imine (C=N–C) groups is 1. The van der Waals surface area contributed by atoms with Crippen LogP contribution in [0.15, 0.2) is 29.3 Å². The molecule has 2 heterocycles. The number of fused-ring (bicyclic) bond motifs is 1. The number of hydrogen-bond donors (Lipinski definition) is 1. The van der Waals surface area contributed by atoms with E-state index in [0.717, 1.165) is 10.7 Å². The molecule has 9 heteroatoms. The summed E-state index contributed by atoms with van der Waals surface area (Å²) in [6.45, 7) is 0.312. The monoisotopic (exact) mass is 396 g/mol. The molecule has 0 radical (unpaired) electrons. The van der Waals surface area contributed by atoms with Crippen molar-refractivity contribution in [2.24, 2.45) is 4.99 Å². The molecule has 2 aliphatic heterocycles. The zero-order valence-electron chi connectivity index (χ0n) is 14.6. The lowest BCUT2D eigenvalue weighted by Gasteiger charge is -2.40. The van der Waals surface area contributed by atoms with Crippen molar-refractivity contribution in [3.05, 3.63) is 34.9 Å². The number of nitrogens with zero attached hydrogens (tertiary/aromatic N) is 4. The quantitative estimate of drug-likeness (QED) is 0.768. The van der Waals surface area contributed by atoms with Crippen LogP contribution in [0.2, 0.25) is 5.02 Å². The molecule has 140 valence electrons. The molecular formula is C17H21ClN4O3S. The van der Waals surface area contributed by atoms with Gasteiger partial charge in [-0.3, -0.25) is 9.69 Å². The number of halogens is 1. The van der Waals surface area contributed by atoms with Crippen molar-refractivity contribution in [2.45, 2.75) is 25.2 Å². The standard InChI is InChI=1S/C17H21ClN4O3S/c1-20-13-14(19-16(20)26-9-3-8-23)21(2)17(25)22(15(13)24)10-11-4-6-12(18)7-5-11/h4-7,13-14,23H,3,8-10H2,1-2H3. The maximum Gasteiger partial charge on any atom is 0.328 e. The van der Waals surface area contributed by atoms with Gasteiger partial charge in [-0.2, -0.15) is 0 Å². The molecule has 0 spiro atoms. The second-order valence-electron chi connectivity index (χ2n) is 6.25. The summed E-state index contributed by atoms with van der Waals surface area (Å²) in [6, 6.07) is 6.21. The van der Waals surface area contributed by atoms with Crippen molar-refractivity contribution in [3.8, 4) is 0 Å². The number of rotatable bonds is 5. The first-order valence-corrected chi connectivity index (χ1v) is 9.67. The number of urea groups is 1. The summed E-state index contributed by atoms with van der Waals surface area (Å²) < 4.78 is 0. The fraction of sp³-hybridized carbons (Fsp3) is 0.471. The Hall–Kier alpha value is -1.77. The highest BCUT2D eigenvalue weighted by Crippen LogP contribution is 2.31. The Bertz CT molecular complexity index is 727. The van der Waals surface area contributed by atoms with E-state index < -0.39 is 12.2 Å². The topological polar surface area (TPSA) is 76.5 Å². The van der Waals surface area contributed by atoms with Crippen molar-refractivity contribution < 1.29 is 14.7 Å². The molecule has 0 bridgehead atoms. The summed E-state index contributed by atoms with van der Waals surface area (Å²) in [7, 11) is 3.48. The third-order valence-electron chi connectivity index (χ3n) is 4.48. The smallest absolute Gasteiger partial charge is 0.328 e. The van der Waals surface area contributed by atoms with E-state index in [0.29, 0.717) is 17.2 Å². The van der Waals surface area contributed by atoms with E-state index in [1.54, 1.807) is 31.3 Å². The van der Waals surface area contributed by atoms with Gasteiger partial charge in [0.2, 0.25) is 0 Å². The number of carbonyl (C=O) groups excluding carboxylic acids is 2. The van der Waals surface area contributed by atoms with Gasteiger partial charge in [0.25, 0.3) is 5.91 Å². The van der Waals surface area contributed by atoms with E-state index in [9.17, 15) is 9.59 Å². The van der Waals surface area contributed by atoms with Gasteiger partial charge in [-0.15, -0.1) is 0 Å². The molecule has 1 N–H and O–H groups in total. The summed E-state index contributed by atoms with van der Waals surface area (Å²) in [5, 5.41) is 10.3. The van der Waals surface area contributed by atoms with Gasteiger partial charge < -0.3 is 14.9 Å². The number of aliphatic hydroxyl groups excluding tert-OH is 1. The number of carbonyl (C=O) groups is 2. The Morgan fingerprint density at radius 2 is 1.88 bits per heavy atom. The van der Waals surface area contributed by atoms with Gasteiger partial charge in [-0.05, 0) is 24.1 Å². The fourth-order valence-corrected chi connectivity index (χ4v) is 4.11. The van der Waals surface area contributed by atoms with Crippen LogP contribution in [-0.2, 0) is 11.3 Å². The molecule has 1 aromatic rings. The molecule has 1 fully saturated rings. The number of thioether (sulfide) groups is 1. The maximum atomic E-state index is 13.0. The lowest BCUT2D eigenvalue weighted by molar-refractivity contribution is -0.137. The van der Waals surface area contributed by atoms with Gasteiger partial charge in [0, 0.05) is 31.5 Å². The van der Waals surface area contributed by atoms with Crippen LogP contribution < -0.4 is 0 Å². The number of amidine groups is 1. The number of hydrogen-bond acceptors (Lipinski definition) is 6. The molecule has 0 aromatic heterocycles. The minimum Gasteiger partial charge on any atom is -0.396 e. The van der Waals surface area contributed by atoms with Gasteiger partial charge in [0.1, 0.15) is 0 Å². The molecule has 26 heavy (non-hydrogen) atoms. The molecule has 0 saturated carbocycles. The molecule has 1 saturated heterocycles. The first-order valence-electron chi connectivity index (χ1n) is 8.31. The van der Waals surface area contributed by atoms with Crippen LogP contribution in [0.5, 0.6) is 0 Å². The Morgan fingerprint density at radius 3 is 2.54 bits per heavy atom. The number of likely N-dealkylation sites (N-methyl/N-ethyl adjacent to an activating group) is 2. The average molecular weight is 397 g/mol. The Balaban J connectivity index is 1.78. The average Bonchev–Trinajstić information content (AvgIpc) is 2.96. The van der Waals surface area contributed by atoms with Gasteiger partial charge in [-0.1, -0.05) is 35.5 Å². The highest BCUT2D eigenvalue weighted by molar-refractivity contribution is 8.13. The predicted octanol–water partition coefficient (Wildman–Crippen LogP) is 1.85. The van der Waals surface area contributed by atoms with E-state index in [-0.39, 0.29) is 25.1 Å². The lowest BCUT2D eigenvalue weighted by atomic mass is 10.1. The predicted molar refractivity (Wildman–Crippen MR) is 102 cm³/mol. The van der Waals surface area contributed by atoms with Gasteiger partial charge in [0.15, 0.2) is 17.4 Å². The van der Waals surface area contributed by atoms with Crippen molar-refractivity contribution in [3.63, 3.8) is 0 Å². The third-order valence-corrected chi connectivity index (χ3v) is 5.88. The van der Waals surface area contributed by atoms with E-state index in [4.69, 9.17) is 16.7 Å². The molecule has 2 aliphatic rings. The van der Waals surface area contributed by atoms with Crippen LogP contribution in [0.4, 0.5) is 4.79 Å². The van der Waals surface area contributed by atoms with Crippen molar-refractivity contribution >= 4 is 40.5 Å². The Morgan fingerprint density at radius 1 is 1.19 bits per heavy atom. The SMILES string of the molecule is CN1C(=O)N(Cc2ccc(Cl)cc2)C(=O)C2C1N=C(SCCCO)N2C. The van der Waals surface area contributed by atoms with Crippen LogP contribution in [0.3, 0.4) is 0 Å². The number of amides is 3. The molecule has 0 aliphatic carbocycles. The second-order valence-corrected chi connectivity index (χ2v) is 7.75. The van der Waals surface area contributed by atoms with E-state index in [2.05, 4.69) is 4.99 Å². The van der Waals surface area contributed by atoms with Gasteiger partial charge in [-0.25, -0.2) is 9.79 Å². The molecule has 3 rings (SSSR count). The minimum atomic E-state index is -0.526. The van der Waals surface area contributed by atoms with Crippen LogP contribution in [0, 0.1) is 0 Å². The molecule has 7 nitrogen and oxygen atoms in total. The highest BCUT2D eigenvalue weighted by atomic mass is 35.5. The van der Waals surface area contributed by atoms with Crippen molar-refractivity contribution in [1.82, 2.24) is 14.7 Å². The van der Waals surface area contributed by atoms with Crippen LogP contribution in [0.1, 0.15) is 12.0 Å². The fourth-order valence-electron chi connectivity index (χ4n) is 3.03. The zero-order chi connectivity index (χ0) is 18.8. The van der Waals surface area contributed by atoms with E-state index >= 15 is 0 Å². The van der Waals surface area contributed by atoms with E-state index in [1.807, 2.05) is 11.9 Å². The molecule has 1 aromatic carbocycles. The second kappa shape index (κ2) is 7.85. The first kappa shape index (κ1) is 19.0. The summed E-state index contributed by atoms with van der Waals surface area (Å²) in [4.78, 5) is 34.9. The molecule has 3 amide bonds. The van der Waals surface area contributed by atoms with Crippen molar-refractivity contribution in [1.29, 1.82) is 0 Å². The summed E-state index contributed by atoms with van der Waals surface area (Å²) in [5.41, 5.74) is 0.835.